The molecule has 0 aliphatic carbocycles. The van der Waals surface area contributed by atoms with Gasteiger partial charge in [-0.3, -0.25) is 0 Å². The van der Waals surface area contributed by atoms with Crippen LogP contribution in [-0.2, 0) is 0 Å². The van der Waals surface area contributed by atoms with Crippen LogP contribution in [0.4, 0.5) is 0 Å². The molecular formula is C14H21N5O. The summed E-state index contributed by atoms with van der Waals surface area (Å²) in [5.41, 5.74) is 13.3. The van der Waals surface area contributed by atoms with Crippen molar-refractivity contribution in [2.24, 2.45) is 11.5 Å². The van der Waals surface area contributed by atoms with Gasteiger partial charge >= 0.3 is 5.69 Å². The summed E-state index contributed by atoms with van der Waals surface area (Å²) in [5, 5.41) is 6.54. The van der Waals surface area contributed by atoms with Gasteiger partial charge in [-0.15, -0.1) is 0 Å². The number of nitrogens with two attached hydrogens (primary N) is 2. The van der Waals surface area contributed by atoms with Gasteiger partial charge in [-0.05, 0) is 38.4 Å². The van der Waals surface area contributed by atoms with Gasteiger partial charge in [0.2, 0.25) is 0 Å². The van der Waals surface area contributed by atoms with Crippen molar-refractivity contribution in [1.82, 2.24) is 14.8 Å². The van der Waals surface area contributed by atoms with Crippen LogP contribution in [0.2, 0.25) is 0 Å². The van der Waals surface area contributed by atoms with E-state index < -0.39 is 0 Å². The number of aryl methyl sites for hydroxylation is 1. The Bertz CT molecular complexity index is 599. The molecule has 0 saturated carbocycles. The molecule has 0 radical (unpaired) electrons. The number of unbranched alkanes of at least 4 members (excludes halogenated alkanes) is 1. The minimum absolute atomic E-state index is 0.266. The van der Waals surface area contributed by atoms with Crippen molar-refractivity contribution in [3.8, 4) is 5.69 Å². The maximum Gasteiger partial charge on any atom is 0.347 e. The Morgan fingerprint density at radius 2 is 2.00 bits per heavy atom. The van der Waals surface area contributed by atoms with E-state index in [1.807, 2.05) is 31.2 Å². The summed E-state index contributed by atoms with van der Waals surface area (Å²) in [4.78, 5) is 11.9. The highest BCUT2D eigenvalue weighted by Gasteiger charge is 2.16. The maximum atomic E-state index is 11.9. The van der Waals surface area contributed by atoms with Gasteiger partial charge in [0.05, 0.1) is 11.7 Å². The van der Waals surface area contributed by atoms with E-state index >= 15 is 0 Å². The van der Waals surface area contributed by atoms with Gasteiger partial charge in [-0.1, -0.05) is 24.1 Å². The SMILES string of the molecule is Cc1ccc(-n2c(C(N)CCCCN)n[nH]c2=O)cc1. The Hall–Kier alpha value is -1.92. The molecule has 0 amide bonds. The van der Waals surface area contributed by atoms with Crippen LogP contribution in [0.1, 0.15) is 36.7 Å². The lowest BCUT2D eigenvalue weighted by Crippen LogP contribution is -2.22. The number of hydrogen-bond acceptors (Lipinski definition) is 4. The molecule has 0 saturated heterocycles. The van der Waals surface area contributed by atoms with E-state index in [1.165, 1.54) is 4.57 Å². The first-order chi connectivity index (χ1) is 9.63. The number of hydrogen-bond donors (Lipinski definition) is 3. The quantitative estimate of drug-likeness (QED) is 0.684. The molecule has 0 fully saturated rings. The van der Waals surface area contributed by atoms with Crippen molar-refractivity contribution in [3.63, 3.8) is 0 Å². The van der Waals surface area contributed by atoms with Gasteiger partial charge < -0.3 is 11.5 Å². The fourth-order valence-corrected chi connectivity index (χ4v) is 2.14. The second kappa shape index (κ2) is 6.49. The molecule has 5 N–H and O–H groups in total. The zero-order chi connectivity index (χ0) is 14.5. The van der Waals surface area contributed by atoms with Crippen molar-refractivity contribution in [2.45, 2.75) is 32.2 Å². The molecule has 1 unspecified atom stereocenters. The van der Waals surface area contributed by atoms with Gasteiger partial charge in [-0.25, -0.2) is 14.5 Å². The predicted octanol–water partition coefficient (Wildman–Crippen LogP) is 0.998. The lowest BCUT2D eigenvalue weighted by molar-refractivity contribution is 0.557. The third-order valence-electron chi connectivity index (χ3n) is 3.29. The number of aromatic nitrogens is 3. The van der Waals surface area contributed by atoms with Gasteiger partial charge in [0.15, 0.2) is 5.82 Å². The molecule has 0 bridgehead atoms. The summed E-state index contributed by atoms with van der Waals surface area (Å²) < 4.78 is 1.53. The van der Waals surface area contributed by atoms with E-state index in [0.29, 0.717) is 12.4 Å². The Balaban J connectivity index is 2.27. The Labute approximate surface area is 117 Å². The largest absolute Gasteiger partial charge is 0.347 e. The number of aromatic amines is 1. The molecule has 0 spiro atoms. The fraction of sp³-hybridized carbons (Fsp3) is 0.429. The van der Waals surface area contributed by atoms with Crippen LogP contribution >= 0.6 is 0 Å². The molecule has 6 heteroatoms. The van der Waals surface area contributed by atoms with E-state index in [9.17, 15) is 4.79 Å². The first kappa shape index (κ1) is 14.5. The van der Waals surface area contributed by atoms with Crippen LogP contribution in [0.25, 0.3) is 5.69 Å². The summed E-state index contributed by atoms with van der Waals surface area (Å²) in [5.74, 6) is 0.566. The average Bonchev–Trinajstić information content (AvgIpc) is 2.82. The van der Waals surface area contributed by atoms with Gasteiger partial charge in [-0.2, -0.15) is 5.10 Å². The van der Waals surface area contributed by atoms with E-state index in [4.69, 9.17) is 11.5 Å². The smallest absolute Gasteiger partial charge is 0.330 e. The molecule has 6 nitrogen and oxygen atoms in total. The molecule has 20 heavy (non-hydrogen) atoms. The monoisotopic (exact) mass is 275 g/mol. The normalized spacial score (nSPS) is 12.6. The summed E-state index contributed by atoms with van der Waals surface area (Å²) in [6, 6.07) is 7.42. The molecule has 1 aromatic heterocycles. The lowest BCUT2D eigenvalue weighted by Gasteiger charge is -2.12. The Morgan fingerprint density at radius 1 is 1.30 bits per heavy atom. The number of benzene rings is 1. The molecule has 1 heterocycles. The highest BCUT2D eigenvalue weighted by atomic mass is 16.1. The average molecular weight is 275 g/mol. The summed E-state index contributed by atoms with van der Waals surface area (Å²) in [6.07, 6.45) is 2.60. The Morgan fingerprint density at radius 3 is 2.65 bits per heavy atom. The van der Waals surface area contributed by atoms with Crippen molar-refractivity contribution < 1.29 is 0 Å². The fourth-order valence-electron chi connectivity index (χ4n) is 2.14. The number of H-pyrrole nitrogens is 1. The number of nitrogens with one attached hydrogen (secondary N) is 1. The molecule has 0 aliphatic rings. The second-order valence-electron chi connectivity index (χ2n) is 4.95. The topological polar surface area (TPSA) is 103 Å². The Kier molecular flexibility index (Phi) is 4.70. The van der Waals surface area contributed by atoms with Crippen LogP contribution < -0.4 is 17.2 Å². The third kappa shape index (κ3) is 3.15. The lowest BCUT2D eigenvalue weighted by atomic mass is 10.1. The van der Waals surface area contributed by atoms with Crippen molar-refractivity contribution in [3.05, 3.63) is 46.1 Å². The first-order valence-corrected chi connectivity index (χ1v) is 6.83. The third-order valence-corrected chi connectivity index (χ3v) is 3.29. The molecular weight excluding hydrogens is 254 g/mol. The number of nitrogens with zero attached hydrogens (tertiary/aromatic N) is 2. The maximum absolute atomic E-state index is 11.9. The van der Waals surface area contributed by atoms with Crippen LogP contribution in [0.5, 0.6) is 0 Å². The van der Waals surface area contributed by atoms with Crippen LogP contribution in [0.15, 0.2) is 29.1 Å². The minimum atomic E-state index is -0.276. The predicted molar refractivity (Wildman–Crippen MR) is 78.8 cm³/mol. The molecule has 2 aromatic rings. The second-order valence-corrected chi connectivity index (χ2v) is 4.95. The number of rotatable bonds is 6. The highest BCUT2D eigenvalue weighted by Crippen LogP contribution is 2.17. The first-order valence-electron chi connectivity index (χ1n) is 6.83. The van der Waals surface area contributed by atoms with Crippen LogP contribution in [0.3, 0.4) is 0 Å². The van der Waals surface area contributed by atoms with Crippen molar-refractivity contribution in [2.75, 3.05) is 6.54 Å². The van der Waals surface area contributed by atoms with Crippen molar-refractivity contribution in [1.29, 1.82) is 0 Å². The van der Waals surface area contributed by atoms with E-state index in [0.717, 1.165) is 30.5 Å². The van der Waals surface area contributed by atoms with E-state index in [-0.39, 0.29) is 11.7 Å². The summed E-state index contributed by atoms with van der Waals surface area (Å²) in [7, 11) is 0. The van der Waals surface area contributed by atoms with E-state index in [2.05, 4.69) is 10.2 Å². The van der Waals surface area contributed by atoms with Crippen molar-refractivity contribution >= 4 is 0 Å². The van der Waals surface area contributed by atoms with Gasteiger partial charge in [0, 0.05) is 0 Å². The molecule has 1 atom stereocenters. The van der Waals surface area contributed by atoms with Gasteiger partial charge in [0.1, 0.15) is 0 Å². The molecule has 2 rings (SSSR count). The highest BCUT2D eigenvalue weighted by molar-refractivity contribution is 5.35. The minimum Gasteiger partial charge on any atom is -0.330 e. The van der Waals surface area contributed by atoms with E-state index in [1.54, 1.807) is 0 Å². The molecule has 108 valence electrons. The van der Waals surface area contributed by atoms with Crippen LogP contribution in [0, 0.1) is 6.92 Å². The molecule has 1 aromatic carbocycles. The summed E-state index contributed by atoms with van der Waals surface area (Å²) in [6.45, 7) is 2.65. The zero-order valence-electron chi connectivity index (χ0n) is 11.7. The standard InChI is InChI=1S/C14H21N5O/c1-10-5-7-11(8-6-10)19-13(17-18-14(19)20)12(16)4-2-3-9-15/h5-8,12H,2-4,9,15-16H2,1H3,(H,18,20). The zero-order valence-corrected chi connectivity index (χ0v) is 11.7. The van der Waals surface area contributed by atoms with Crippen LogP contribution in [-0.4, -0.2) is 21.3 Å². The molecule has 0 aliphatic heterocycles. The van der Waals surface area contributed by atoms with Gasteiger partial charge in [0.25, 0.3) is 0 Å². The summed E-state index contributed by atoms with van der Waals surface area (Å²) >= 11 is 0.